The smallest absolute Gasteiger partial charge is 0.0594 e. The van der Waals surface area contributed by atoms with Gasteiger partial charge in [-0.1, -0.05) is 13.8 Å². The summed E-state index contributed by atoms with van der Waals surface area (Å²) in [5.41, 5.74) is 6.32. The van der Waals surface area contributed by atoms with Gasteiger partial charge < -0.3 is 10.5 Å². The molecule has 5 heteroatoms. The molecule has 0 bridgehead atoms. The molecule has 3 nitrogen and oxygen atoms in total. The number of hydrogen-bond donors (Lipinski definition) is 1. The standard InChI is InChI=1S/C13H23BrN2OS/c1-4-11(15)13(12-8-10(14)9-18-12)16(5-2)6-7-17-3/h8-9,11,13H,4-7,15H2,1-3H3. The molecule has 1 rings (SSSR count). The summed E-state index contributed by atoms with van der Waals surface area (Å²) >= 11 is 5.29. The highest BCUT2D eigenvalue weighted by atomic mass is 79.9. The Labute approximate surface area is 122 Å². The van der Waals surface area contributed by atoms with E-state index in [4.69, 9.17) is 10.5 Å². The van der Waals surface area contributed by atoms with Crippen LogP contribution in [0.15, 0.2) is 15.9 Å². The zero-order valence-corrected chi connectivity index (χ0v) is 13.8. The predicted octanol–water partition coefficient (Wildman–Crippen LogP) is 3.26. The number of thiophene rings is 1. The largest absolute Gasteiger partial charge is 0.383 e. The Morgan fingerprint density at radius 3 is 2.67 bits per heavy atom. The Morgan fingerprint density at radius 2 is 2.22 bits per heavy atom. The van der Waals surface area contributed by atoms with Crippen LogP contribution in [0.25, 0.3) is 0 Å². The molecular weight excluding hydrogens is 312 g/mol. The van der Waals surface area contributed by atoms with Crippen LogP contribution in [0.5, 0.6) is 0 Å². The van der Waals surface area contributed by atoms with E-state index in [0.29, 0.717) is 0 Å². The summed E-state index contributed by atoms with van der Waals surface area (Å²) in [5.74, 6) is 0. The van der Waals surface area contributed by atoms with E-state index < -0.39 is 0 Å². The summed E-state index contributed by atoms with van der Waals surface area (Å²) in [7, 11) is 1.74. The second kappa shape index (κ2) is 8.27. The van der Waals surface area contributed by atoms with Gasteiger partial charge in [-0.2, -0.15) is 0 Å². The quantitative estimate of drug-likeness (QED) is 0.792. The van der Waals surface area contributed by atoms with Gasteiger partial charge in [0.25, 0.3) is 0 Å². The van der Waals surface area contributed by atoms with E-state index in [1.807, 2.05) is 0 Å². The molecule has 1 aromatic heterocycles. The van der Waals surface area contributed by atoms with E-state index in [-0.39, 0.29) is 12.1 Å². The maximum absolute atomic E-state index is 6.32. The second-order valence-corrected chi connectivity index (χ2v) is 6.16. The van der Waals surface area contributed by atoms with Crippen LogP contribution in [0.4, 0.5) is 0 Å². The van der Waals surface area contributed by atoms with Crippen molar-refractivity contribution in [1.82, 2.24) is 4.90 Å². The number of nitrogens with two attached hydrogens (primary N) is 1. The van der Waals surface area contributed by atoms with Crippen molar-refractivity contribution in [1.29, 1.82) is 0 Å². The number of halogens is 1. The fourth-order valence-corrected chi connectivity index (χ4v) is 3.72. The van der Waals surface area contributed by atoms with Gasteiger partial charge in [0.05, 0.1) is 12.6 Å². The van der Waals surface area contributed by atoms with Gasteiger partial charge >= 0.3 is 0 Å². The van der Waals surface area contributed by atoms with E-state index >= 15 is 0 Å². The lowest BCUT2D eigenvalue weighted by atomic mass is 10.0. The van der Waals surface area contributed by atoms with E-state index in [0.717, 1.165) is 30.6 Å². The summed E-state index contributed by atoms with van der Waals surface area (Å²) < 4.78 is 6.33. The van der Waals surface area contributed by atoms with Crippen molar-refractivity contribution >= 4 is 27.3 Å². The topological polar surface area (TPSA) is 38.5 Å². The zero-order valence-electron chi connectivity index (χ0n) is 11.4. The highest BCUT2D eigenvalue weighted by molar-refractivity contribution is 9.10. The van der Waals surface area contributed by atoms with Crippen molar-refractivity contribution in [2.45, 2.75) is 32.4 Å². The zero-order chi connectivity index (χ0) is 13.5. The summed E-state index contributed by atoms with van der Waals surface area (Å²) in [6.07, 6.45) is 0.976. The predicted molar refractivity (Wildman–Crippen MR) is 82.1 cm³/mol. The molecular formula is C13H23BrN2OS. The Kier molecular flexibility index (Phi) is 7.41. The normalized spacial score (nSPS) is 15.0. The van der Waals surface area contributed by atoms with Crippen LogP contribution in [-0.4, -0.2) is 37.7 Å². The van der Waals surface area contributed by atoms with Gasteiger partial charge in [0.1, 0.15) is 0 Å². The van der Waals surface area contributed by atoms with Crippen molar-refractivity contribution in [3.8, 4) is 0 Å². The maximum atomic E-state index is 6.32. The molecule has 1 aromatic rings. The molecule has 0 aliphatic heterocycles. The lowest BCUT2D eigenvalue weighted by Crippen LogP contribution is -2.41. The monoisotopic (exact) mass is 334 g/mol. The van der Waals surface area contributed by atoms with Gasteiger partial charge in [-0.3, -0.25) is 4.90 Å². The molecule has 0 saturated carbocycles. The van der Waals surface area contributed by atoms with Crippen molar-refractivity contribution < 1.29 is 4.74 Å². The number of rotatable bonds is 8. The van der Waals surface area contributed by atoms with Crippen LogP contribution in [0.2, 0.25) is 0 Å². The molecule has 0 aliphatic rings. The maximum Gasteiger partial charge on any atom is 0.0594 e. The summed E-state index contributed by atoms with van der Waals surface area (Å²) in [6, 6.07) is 2.62. The summed E-state index contributed by atoms with van der Waals surface area (Å²) in [5, 5.41) is 2.12. The van der Waals surface area contributed by atoms with Crippen LogP contribution in [0, 0.1) is 0 Å². The van der Waals surface area contributed by atoms with Gasteiger partial charge in [-0.25, -0.2) is 0 Å². The van der Waals surface area contributed by atoms with Crippen LogP contribution >= 0.6 is 27.3 Å². The minimum atomic E-state index is 0.160. The van der Waals surface area contributed by atoms with Crippen LogP contribution in [0.1, 0.15) is 31.2 Å². The van der Waals surface area contributed by atoms with Crippen molar-refractivity contribution in [2.75, 3.05) is 26.8 Å². The molecule has 0 saturated heterocycles. The fourth-order valence-electron chi connectivity index (χ4n) is 2.07. The molecule has 0 radical (unpaired) electrons. The number of likely N-dealkylation sites (N-methyl/N-ethyl adjacent to an activating group) is 1. The van der Waals surface area contributed by atoms with Crippen LogP contribution in [-0.2, 0) is 4.74 Å². The molecule has 2 atom stereocenters. The lowest BCUT2D eigenvalue weighted by Gasteiger charge is -2.33. The van der Waals surface area contributed by atoms with Gasteiger partial charge in [0.15, 0.2) is 0 Å². The van der Waals surface area contributed by atoms with Gasteiger partial charge in [-0.15, -0.1) is 11.3 Å². The van der Waals surface area contributed by atoms with E-state index in [1.54, 1.807) is 18.4 Å². The van der Waals surface area contributed by atoms with Crippen molar-refractivity contribution in [3.05, 3.63) is 20.8 Å². The highest BCUT2D eigenvalue weighted by Gasteiger charge is 2.25. The molecule has 0 aromatic carbocycles. The first-order chi connectivity index (χ1) is 8.63. The number of hydrogen-bond acceptors (Lipinski definition) is 4. The number of methoxy groups -OCH3 is 1. The van der Waals surface area contributed by atoms with Crippen LogP contribution in [0.3, 0.4) is 0 Å². The van der Waals surface area contributed by atoms with Gasteiger partial charge in [0, 0.05) is 34.4 Å². The first-order valence-electron chi connectivity index (χ1n) is 6.36. The van der Waals surface area contributed by atoms with Gasteiger partial charge in [0.2, 0.25) is 0 Å². The minimum Gasteiger partial charge on any atom is -0.383 e. The Bertz CT molecular complexity index is 345. The fraction of sp³-hybridized carbons (Fsp3) is 0.692. The first-order valence-corrected chi connectivity index (χ1v) is 8.03. The Morgan fingerprint density at radius 1 is 1.50 bits per heavy atom. The summed E-state index contributed by atoms with van der Waals surface area (Å²) in [4.78, 5) is 3.73. The average Bonchev–Trinajstić information content (AvgIpc) is 2.79. The molecule has 18 heavy (non-hydrogen) atoms. The van der Waals surface area contributed by atoms with Crippen LogP contribution < -0.4 is 5.73 Å². The Hall–Kier alpha value is 0.0600. The first kappa shape index (κ1) is 16.1. The van der Waals surface area contributed by atoms with E-state index in [9.17, 15) is 0 Å². The van der Waals surface area contributed by atoms with Gasteiger partial charge in [-0.05, 0) is 35.0 Å². The third-order valence-electron chi connectivity index (χ3n) is 3.14. The molecule has 0 amide bonds. The minimum absolute atomic E-state index is 0.160. The molecule has 1 heterocycles. The second-order valence-electron chi connectivity index (χ2n) is 4.31. The average molecular weight is 335 g/mol. The molecule has 0 spiro atoms. The number of ether oxygens (including phenoxy) is 1. The Balaban J connectivity index is 2.88. The van der Waals surface area contributed by atoms with Crippen molar-refractivity contribution in [2.24, 2.45) is 5.73 Å². The SMILES string of the molecule is CCC(N)C(c1cc(Br)cs1)N(CC)CCOC. The molecule has 2 unspecified atom stereocenters. The highest BCUT2D eigenvalue weighted by Crippen LogP contribution is 2.32. The molecule has 0 aliphatic carbocycles. The van der Waals surface area contributed by atoms with Crippen molar-refractivity contribution in [3.63, 3.8) is 0 Å². The lowest BCUT2D eigenvalue weighted by molar-refractivity contribution is 0.113. The third-order valence-corrected chi connectivity index (χ3v) is 4.90. The third kappa shape index (κ3) is 4.31. The van der Waals surface area contributed by atoms with E-state index in [2.05, 4.69) is 46.1 Å². The molecule has 0 fully saturated rings. The number of nitrogens with zero attached hydrogens (tertiary/aromatic N) is 1. The molecule has 104 valence electrons. The van der Waals surface area contributed by atoms with E-state index in [1.165, 1.54) is 4.88 Å². The molecule has 2 N–H and O–H groups in total. The summed E-state index contributed by atoms with van der Waals surface area (Å²) in [6.45, 7) is 6.96.